The van der Waals surface area contributed by atoms with E-state index in [0.717, 1.165) is 5.03 Å². The normalized spacial score (nSPS) is 12.3. The van der Waals surface area contributed by atoms with Gasteiger partial charge in [0.05, 0.1) is 32.6 Å². The fourth-order valence-corrected chi connectivity index (χ4v) is 5.86. The van der Waals surface area contributed by atoms with Gasteiger partial charge in [0.15, 0.2) is 0 Å². The van der Waals surface area contributed by atoms with E-state index in [1.807, 2.05) is 0 Å². The zero-order valence-corrected chi connectivity index (χ0v) is 32.5. The number of thioether (sulfide) groups is 1. The first-order valence-electron chi connectivity index (χ1n) is 14.0. The van der Waals surface area contributed by atoms with Crippen molar-refractivity contribution >= 4 is 94.0 Å². The van der Waals surface area contributed by atoms with Gasteiger partial charge in [0, 0.05) is 22.9 Å². The predicted molar refractivity (Wildman–Crippen MR) is 192 cm³/mol. The minimum absolute atomic E-state index is 0. The Balaban J connectivity index is 0.000000223. The molecule has 0 aliphatic heterocycles. The van der Waals surface area contributed by atoms with Gasteiger partial charge in [-0.05, 0) is 11.8 Å². The molecule has 2 atom stereocenters. The van der Waals surface area contributed by atoms with Crippen molar-refractivity contribution in [2.75, 3.05) is 0 Å². The van der Waals surface area contributed by atoms with Crippen LogP contribution in [0.1, 0.15) is 41.5 Å². The standard InChI is InChI=1S/C14H14Cl2N6S.C9H3Cl3N6.C5H12S.ClH/c1-7(2)8(3)23-13-10(11-9(15)4-17-5-18-11)12(16)21-14-19-6-20-22(13)14;10-4-1-13-2-14-6(4)5-7(11)17-9-15-3-16-18(9)8(5)12;1-4(2)5(3)6;/h4-8H,1-3H3;1-3H;4-6H,1-3H3;1H/p-1. The Morgan fingerprint density at radius 2 is 1.10 bits per heavy atom. The van der Waals surface area contributed by atoms with Crippen LogP contribution < -0.4 is 12.4 Å². The predicted octanol–water partition coefficient (Wildman–Crippen LogP) is 5.53. The fourth-order valence-electron chi connectivity index (χ4n) is 3.39. The van der Waals surface area contributed by atoms with Crippen molar-refractivity contribution in [2.24, 2.45) is 11.8 Å². The van der Waals surface area contributed by atoms with E-state index in [-0.39, 0.29) is 22.7 Å². The topological polar surface area (TPSA) is 138 Å². The van der Waals surface area contributed by atoms with Crippen LogP contribution in [0.5, 0.6) is 0 Å². The molecule has 0 radical (unpaired) electrons. The third-order valence-corrected chi connectivity index (χ3v) is 10.2. The molecule has 6 aromatic rings. The number of hydrogen-bond acceptors (Lipinski definition) is 12. The minimum Gasteiger partial charge on any atom is -1.00 e. The average molecular weight is 810 g/mol. The molecule has 6 rings (SSSR count). The molecule has 0 aliphatic carbocycles. The molecule has 256 valence electrons. The molecule has 0 saturated heterocycles. The average Bonchev–Trinajstić information content (AvgIpc) is 3.69. The summed E-state index contributed by atoms with van der Waals surface area (Å²) < 4.78 is 3.02. The van der Waals surface area contributed by atoms with Crippen molar-refractivity contribution in [1.82, 2.24) is 59.1 Å². The number of nitrogens with zero attached hydrogens (tertiary/aromatic N) is 12. The zero-order chi connectivity index (χ0) is 34.4. The van der Waals surface area contributed by atoms with Crippen LogP contribution in [0, 0.1) is 11.8 Å². The summed E-state index contributed by atoms with van der Waals surface area (Å²) in [5, 5.41) is 11.3. The number of fused-ring (bicyclic) bond motifs is 2. The molecule has 6 aromatic heterocycles. The van der Waals surface area contributed by atoms with E-state index < -0.39 is 0 Å². The monoisotopic (exact) mass is 807 g/mol. The Labute approximate surface area is 318 Å². The Bertz CT molecular complexity index is 1970. The van der Waals surface area contributed by atoms with Crippen LogP contribution in [-0.4, -0.2) is 69.6 Å². The summed E-state index contributed by atoms with van der Waals surface area (Å²) in [6.45, 7) is 12.9. The van der Waals surface area contributed by atoms with Gasteiger partial charge in [0.1, 0.15) is 45.8 Å². The molecule has 0 spiro atoms. The Kier molecular flexibility index (Phi) is 15.1. The molecule has 0 saturated carbocycles. The van der Waals surface area contributed by atoms with Gasteiger partial charge in [-0.25, -0.2) is 19.9 Å². The van der Waals surface area contributed by atoms with Gasteiger partial charge in [-0.1, -0.05) is 99.5 Å². The summed E-state index contributed by atoms with van der Waals surface area (Å²) in [5.41, 5.74) is 1.97. The lowest BCUT2D eigenvalue weighted by atomic mass is 10.2. The summed E-state index contributed by atoms with van der Waals surface area (Å²) in [6, 6.07) is 0. The molecule has 48 heavy (non-hydrogen) atoms. The number of aromatic nitrogens is 12. The maximum Gasteiger partial charge on any atom is 0.255 e. The fraction of sp³-hybridized carbons (Fsp3) is 0.357. The lowest BCUT2D eigenvalue weighted by Gasteiger charge is -2.18. The van der Waals surface area contributed by atoms with E-state index in [1.165, 1.54) is 42.2 Å². The third kappa shape index (κ3) is 9.48. The van der Waals surface area contributed by atoms with Crippen molar-refractivity contribution in [2.45, 2.75) is 57.1 Å². The van der Waals surface area contributed by atoms with Crippen LogP contribution >= 0.6 is 82.4 Å². The van der Waals surface area contributed by atoms with E-state index >= 15 is 0 Å². The summed E-state index contributed by atoms with van der Waals surface area (Å²) in [6.07, 6.45) is 8.54. The van der Waals surface area contributed by atoms with Gasteiger partial charge < -0.3 is 12.4 Å². The number of hydrogen-bond donors (Lipinski definition) is 1. The van der Waals surface area contributed by atoms with Gasteiger partial charge in [0.25, 0.3) is 11.6 Å². The zero-order valence-electron chi connectivity index (χ0n) is 26.3. The van der Waals surface area contributed by atoms with E-state index in [0.29, 0.717) is 71.6 Å². The summed E-state index contributed by atoms with van der Waals surface area (Å²) in [5.74, 6) is 1.94. The molecule has 20 heteroatoms. The van der Waals surface area contributed by atoms with E-state index in [2.05, 4.69) is 104 Å². The van der Waals surface area contributed by atoms with Gasteiger partial charge in [-0.2, -0.15) is 51.8 Å². The molecule has 12 nitrogen and oxygen atoms in total. The lowest BCUT2D eigenvalue weighted by molar-refractivity contribution is -0.0000100. The van der Waals surface area contributed by atoms with E-state index in [4.69, 9.17) is 58.0 Å². The highest BCUT2D eigenvalue weighted by Gasteiger charge is 2.24. The molecule has 0 amide bonds. The lowest BCUT2D eigenvalue weighted by Crippen LogP contribution is -3.00. The molecule has 0 aliphatic rings. The van der Waals surface area contributed by atoms with Crippen LogP contribution in [0.15, 0.2) is 42.7 Å². The van der Waals surface area contributed by atoms with Crippen LogP contribution in [0.2, 0.25) is 25.5 Å². The third-order valence-electron chi connectivity index (χ3n) is 6.68. The second-order valence-corrected chi connectivity index (χ2v) is 14.7. The van der Waals surface area contributed by atoms with Gasteiger partial charge >= 0.3 is 0 Å². The van der Waals surface area contributed by atoms with Gasteiger partial charge in [-0.3, -0.25) is 0 Å². The summed E-state index contributed by atoms with van der Waals surface area (Å²) in [7, 11) is 0. The highest BCUT2D eigenvalue weighted by molar-refractivity contribution is 8.00. The van der Waals surface area contributed by atoms with Crippen LogP contribution in [0.25, 0.3) is 34.1 Å². The molecule has 0 N–H and O–H groups in total. The summed E-state index contributed by atoms with van der Waals surface area (Å²) >= 11 is 36.8. The van der Waals surface area contributed by atoms with Crippen molar-refractivity contribution in [1.29, 1.82) is 0 Å². The molecular weight excluding hydrogens is 781 g/mol. The van der Waals surface area contributed by atoms with Gasteiger partial charge in [0.2, 0.25) is 0 Å². The maximum atomic E-state index is 6.41. The Morgan fingerprint density at radius 1 is 0.646 bits per heavy atom. The molecule has 2 unspecified atom stereocenters. The summed E-state index contributed by atoms with van der Waals surface area (Å²) in [4.78, 5) is 32.4. The Hall–Kier alpha value is -2.30. The minimum atomic E-state index is 0. The van der Waals surface area contributed by atoms with Crippen molar-refractivity contribution < 1.29 is 12.4 Å². The number of rotatable bonds is 6. The first kappa shape index (κ1) is 40.1. The van der Waals surface area contributed by atoms with Crippen molar-refractivity contribution in [3.05, 3.63) is 63.2 Å². The van der Waals surface area contributed by atoms with Crippen LogP contribution in [-0.2, 0) is 0 Å². The van der Waals surface area contributed by atoms with Gasteiger partial charge in [-0.15, -0.1) is 11.8 Å². The number of halogens is 6. The van der Waals surface area contributed by atoms with Crippen LogP contribution in [0.4, 0.5) is 0 Å². The first-order valence-corrected chi connectivity index (χ1v) is 17.3. The second kappa shape index (κ2) is 18.1. The first-order chi connectivity index (χ1) is 22.3. The molecular formula is C28H29Cl6N12S2-. The SMILES string of the molecule is CC(C)C(C)S.CC(C)C(C)Sc1c(-c2ncncc2Cl)c(Cl)nc2ncnn12.Clc1cncnc1-c1c(Cl)nc2ncnn2c1Cl.[Cl-]. The highest BCUT2D eigenvalue weighted by Crippen LogP contribution is 2.40. The van der Waals surface area contributed by atoms with E-state index in [9.17, 15) is 0 Å². The van der Waals surface area contributed by atoms with Crippen molar-refractivity contribution in [3.63, 3.8) is 0 Å². The largest absolute Gasteiger partial charge is 1.00 e. The molecule has 0 aromatic carbocycles. The number of thiol groups is 1. The quantitative estimate of drug-likeness (QED) is 0.129. The second-order valence-electron chi connectivity index (χ2n) is 10.6. The maximum absolute atomic E-state index is 6.41. The van der Waals surface area contributed by atoms with Crippen LogP contribution in [0.3, 0.4) is 0 Å². The molecule has 0 bridgehead atoms. The molecule has 6 heterocycles. The molecule has 0 fully saturated rings. The Morgan fingerprint density at radius 3 is 1.58 bits per heavy atom. The smallest absolute Gasteiger partial charge is 0.255 e. The highest BCUT2D eigenvalue weighted by atomic mass is 35.5. The van der Waals surface area contributed by atoms with E-state index in [1.54, 1.807) is 16.3 Å². The van der Waals surface area contributed by atoms with Crippen molar-refractivity contribution in [3.8, 4) is 22.5 Å².